The van der Waals surface area contributed by atoms with E-state index >= 15 is 0 Å². The summed E-state index contributed by atoms with van der Waals surface area (Å²) in [5.74, 6) is -0.175. The maximum absolute atomic E-state index is 12.9. The van der Waals surface area contributed by atoms with E-state index in [4.69, 9.17) is 4.74 Å². The van der Waals surface area contributed by atoms with Crippen molar-refractivity contribution in [1.82, 2.24) is 5.32 Å². The second-order valence-electron chi connectivity index (χ2n) is 3.53. The van der Waals surface area contributed by atoms with Gasteiger partial charge >= 0.3 is 0 Å². The number of nitrogens with one attached hydrogen (secondary N) is 1. The summed E-state index contributed by atoms with van der Waals surface area (Å²) in [6, 6.07) is 6.70. The molecular weight excluding hydrogens is 181 g/mol. The molecule has 1 heterocycles. The Morgan fingerprint density at radius 3 is 3.14 bits per heavy atom. The number of benzene rings is 1. The Bertz CT molecular complexity index is 297. The van der Waals surface area contributed by atoms with E-state index in [1.54, 1.807) is 12.1 Å². The van der Waals surface area contributed by atoms with Crippen molar-refractivity contribution >= 4 is 0 Å². The summed E-state index contributed by atoms with van der Waals surface area (Å²) in [4.78, 5) is 0. The van der Waals surface area contributed by atoms with Gasteiger partial charge < -0.3 is 10.1 Å². The van der Waals surface area contributed by atoms with Gasteiger partial charge in [-0.05, 0) is 24.1 Å². The third-order valence-electron chi connectivity index (χ3n) is 2.36. The molecule has 2 nitrogen and oxygen atoms in total. The van der Waals surface area contributed by atoms with Gasteiger partial charge in [0.05, 0.1) is 12.7 Å². The molecule has 1 aromatic carbocycles. The molecule has 1 aliphatic heterocycles. The summed E-state index contributed by atoms with van der Waals surface area (Å²) in [5.41, 5.74) is 0.999. The molecule has 14 heavy (non-hydrogen) atoms. The van der Waals surface area contributed by atoms with Gasteiger partial charge in [0.15, 0.2) is 0 Å². The Hall–Kier alpha value is -0.930. The van der Waals surface area contributed by atoms with E-state index in [2.05, 4.69) is 5.32 Å². The molecule has 0 spiro atoms. The van der Waals surface area contributed by atoms with E-state index in [1.165, 1.54) is 6.07 Å². The van der Waals surface area contributed by atoms with Crippen molar-refractivity contribution in [2.45, 2.75) is 12.5 Å². The van der Waals surface area contributed by atoms with Gasteiger partial charge in [0.1, 0.15) is 5.82 Å². The minimum Gasteiger partial charge on any atom is -0.375 e. The molecule has 0 bridgehead atoms. The number of hydrogen-bond acceptors (Lipinski definition) is 2. The van der Waals surface area contributed by atoms with Gasteiger partial charge in [-0.3, -0.25) is 0 Å². The molecule has 3 heteroatoms. The topological polar surface area (TPSA) is 21.3 Å². The quantitative estimate of drug-likeness (QED) is 0.769. The summed E-state index contributed by atoms with van der Waals surface area (Å²) < 4.78 is 18.4. The normalized spacial score (nSPS) is 22.2. The van der Waals surface area contributed by atoms with Gasteiger partial charge in [0.25, 0.3) is 0 Å². The SMILES string of the molecule is Fc1cccc(C[C@@H]2CNCCO2)c1. The van der Waals surface area contributed by atoms with Crippen molar-refractivity contribution in [2.75, 3.05) is 19.7 Å². The third kappa shape index (κ3) is 2.53. The first-order valence-corrected chi connectivity index (χ1v) is 4.91. The van der Waals surface area contributed by atoms with Crippen LogP contribution in [-0.2, 0) is 11.2 Å². The molecule has 2 rings (SSSR count). The van der Waals surface area contributed by atoms with Crippen molar-refractivity contribution < 1.29 is 9.13 Å². The molecule has 0 radical (unpaired) electrons. The highest BCUT2D eigenvalue weighted by molar-refractivity contribution is 5.17. The third-order valence-corrected chi connectivity index (χ3v) is 2.36. The van der Waals surface area contributed by atoms with Crippen LogP contribution in [0.2, 0.25) is 0 Å². The van der Waals surface area contributed by atoms with Crippen molar-refractivity contribution in [3.8, 4) is 0 Å². The largest absolute Gasteiger partial charge is 0.375 e. The van der Waals surface area contributed by atoms with E-state index in [1.807, 2.05) is 6.07 Å². The average Bonchev–Trinajstić information content (AvgIpc) is 2.19. The monoisotopic (exact) mass is 195 g/mol. The Morgan fingerprint density at radius 2 is 2.43 bits per heavy atom. The molecular formula is C11H14FNO. The van der Waals surface area contributed by atoms with Gasteiger partial charge in [0, 0.05) is 13.1 Å². The Morgan fingerprint density at radius 1 is 1.50 bits per heavy atom. The highest BCUT2D eigenvalue weighted by Gasteiger charge is 2.13. The Labute approximate surface area is 83.1 Å². The molecule has 0 aromatic heterocycles. The van der Waals surface area contributed by atoms with Crippen LogP contribution < -0.4 is 5.32 Å². The molecule has 1 saturated heterocycles. The van der Waals surface area contributed by atoms with Gasteiger partial charge in [-0.2, -0.15) is 0 Å². The summed E-state index contributed by atoms with van der Waals surface area (Å²) in [5, 5.41) is 3.25. The molecule has 0 aliphatic carbocycles. The number of ether oxygens (including phenoxy) is 1. The van der Waals surface area contributed by atoms with Crippen molar-refractivity contribution in [1.29, 1.82) is 0 Å². The lowest BCUT2D eigenvalue weighted by Crippen LogP contribution is -2.39. The molecule has 1 aromatic rings. The van der Waals surface area contributed by atoms with Crippen LogP contribution in [0.25, 0.3) is 0 Å². The van der Waals surface area contributed by atoms with E-state index in [0.717, 1.165) is 31.7 Å². The minimum atomic E-state index is -0.175. The predicted molar refractivity (Wildman–Crippen MR) is 52.7 cm³/mol. The first-order valence-electron chi connectivity index (χ1n) is 4.91. The fourth-order valence-corrected chi connectivity index (χ4v) is 1.68. The molecule has 0 amide bonds. The van der Waals surface area contributed by atoms with Crippen LogP contribution in [-0.4, -0.2) is 25.8 Å². The van der Waals surface area contributed by atoms with Gasteiger partial charge in [0.2, 0.25) is 0 Å². The summed E-state index contributed by atoms with van der Waals surface area (Å²) in [6.07, 6.45) is 0.968. The molecule has 1 atom stereocenters. The number of halogens is 1. The van der Waals surface area contributed by atoms with Crippen LogP contribution in [0.3, 0.4) is 0 Å². The van der Waals surface area contributed by atoms with E-state index in [-0.39, 0.29) is 11.9 Å². The zero-order chi connectivity index (χ0) is 9.80. The van der Waals surface area contributed by atoms with Crippen LogP contribution in [0.15, 0.2) is 24.3 Å². The van der Waals surface area contributed by atoms with Crippen molar-refractivity contribution in [2.24, 2.45) is 0 Å². The van der Waals surface area contributed by atoms with Crippen LogP contribution in [0, 0.1) is 5.82 Å². The molecule has 1 N–H and O–H groups in total. The maximum Gasteiger partial charge on any atom is 0.123 e. The Balaban J connectivity index is 1.95. The molecule has 0 unspecified atom stereocenters. The summed E-state index contributed by atoms with van der Waals surface area (Å²) in [6.45, 7) is 2.52. The highest BCUT2D eigenvalue weighted by atomic mass is 19.1. The van der Waals surface area contributed by atoms with Crippen LogP contribution >= 0.6 is 0 Å². The molecule has 1 aliphatic rings. The lowest BCUT2D eigenvalue weighted by Gasteiger charge is -2.23. The summed E-state index contributed by atoms with van der Waals surface area (Å²) >= 11 is 0. The maximum atomic E-state index is 12.9. The number of rotatable bonds is 2. The lowest BCUT2D eigenvalue weighted by molar-refractivity contribution is 0.0292. The van der Waals surface area contributed by atoms with E-state index < -0.39 is 0 Å². The fraction of sp³-hybridized carbons (Fsp3) is 0.455. The fourth-order valence-electron chi connectivity index (χ4n) is 1.68. The van der Waals surface area contributed by atoms with Gasteiger partial charge in [-0.25, -0.2) is 4.39 Å². The molecule has 0 saturated carbocycles. The van der Waals surface area contributed by atoms with Crippen LogP contribution in [0.1, 0.15) is 5.56 Å². The predicted octanol–water partition coefficient (Wildman–Crippen LogP) is 1.36. The van der Waals surface area contributed by atoms with Gasteiger partial charge in [-0.15, -0.1) is 0 Å². The van der Waals surface area contributed by atoms with E-state index in [0.29, 0.717) is 0 Å². The molecule has 1 fully saturated rings. The average molecular weight is 195 g/mol. The Kier molecular flexibility index (Phi) is 3.11. The smallest absolute Gasteiger partial charge is 0.123 e. The molecule has 76 valence electrons. The number of hydrogen-bond donors (Lipinski definition) is 1. The van der Waals surface area contributed by atoms with Crippen molar-refractivity contribution in [3.05, 3.63) is 35.6 Å². The van der Waals surface area contributed by atoms with Crippen LogP contribution in [0.5, 0.6) is 0 Å². The second kappa shape index (κ2) is 4.53. The zero-order valence-corrected chi connectivity index (χ0v) is 8.00. The van der Waals surface area contributed by atoms with E-state index in [9.17, 15) is 4.39 Å². The van der Waals surface area contributed by atoms with Crippen molar-refractivity contribution in [3.63, 3.8) is 0 Å². The zero-order valence-electron chi connectivity index (χ0n) is 8.00. The first-order chi connectivity index (χ1) is 6.84. The van der Waals surface area contributed by atoms with Gasteiger partial charge in [-0.1, -0.05) is 12.1 Å². The lowest BCUT2D eigenvalue weighted by atomic mass is 10.1. The summed E-state index contributed by atoms with van der Waals surface area (Å²) in [7, 11) is 0. The second-order valence-corrected chi connectivity index (χ2v) is 3.53. The highest BCUT2D eigenvalue weighted by Crippen LogP contribution is 2.09. The standard InChI is InChI=1S/C11H14FNO/c12-10-3-1-2-9(6-10)7-11-8-13-4-5-14-11/h1-3,6,11,13H,4-5,7-8H2/t11-/m1/s1. The minimum absolute atomic E-state index is 0.175. The number of morpholine rings is 1. The first kappa shape index (κ1) is 9.62. The van der Waals surface area contributed by atoms with Crippen LogP contribution in [0.4, 0.5) is 4.39 Å².